The molecule has 2 fully saturated rings. The molecule has 2 aliphatic rings. The van der Waals surface area contributed by atoms with Gasteiger partial charge in [0, 0.05) is 0 Å². The van der Waals surface area contributed by atoms with Crippen LogP contribution in [-0.4, -0.2) is 57.4 Å². The molecular weight excluding hydrogens is 308 g/mol. The summed E-state index contributed by atoms with van der Waals surface area (Å²) in [5.74, 6) is 0. The molecule has 10 nitrogen and oxygen atoms in total. The summed E-state index contributed by atoms with van der Waals surface area (Å²) in [6, 6.07) is 0. The summed E-state index contributed by atoms with van der Waals surface area (Å²) in [7, 11) is -3.98. The Labute approximate surface area is 111 Å². The standard InChI is InChI=1S/C7H10O10S2/c8-7(12-1-5-3-14-18(9)16-5)13-2-6-4-15-19(10,11)17-6/h5-6H,1-4H2. The van der Waals surface area contributed by atoms with Gasteiger partial charge in [-0.15, -0.1) is 0 Å². The van der Waals surface area contributed by atoms with Crippen LogP contribution in [0.25, 0.3) is 0 Å². The van der Waals surface area contributed by atoms with Crippen LogP contribution in [0.15, 0.2) is 0 Å². The van der Waals surface area contributed by atoms with Crippen molar-refractivity contribution in [3.63, 3.8) is 0 Å². The zero-order valence-corrected chi connectivity index (χ0v) is 11.0. The average Bonchev–Trinajstić information content (AvgIpc) is 2.90. The first kappa shape index (κ1) is 14.6. The third-order valence-corrected chi connectivity index (χ3v) is 3.68. The van der Waals surface area contributed by atoms with Crippen molar-refractivity contribution in [2.75, 3.05) is 26.4 Å². The minimum atomic E-state index is -3.98. The van der Waals surface area contributed by atoms with Crippen molar-refractivity contribution in [3.8, 4) is 0 Å². The van der Waals surface area contributed by atoms with Gasteiger partial charge >= 0.3 is 27.9 Å². The lowest BCUT2D eigenvalue weighted by atomic mass is 10.4. The van der Waals surface area contributed by atoms with Gasteiger partial charge < -0.3 is 9.47 Å². The van der Waals surface area contributed by atoms with Crippen molar-refractivity contribution >= 4 is 27.9 Å². The van der Waals surface area contributed by atoms with Gasteiger partial charge in [-0.25, -0.2) is 13.2 Å². The molecule has 3 unspecified atom stereocenters. The maximum Gasteiger partial charge on any atom is 0.508 e. The second kappa shape index (κ2) is 6.11. The Hall–Kier alpha value is -0.790. The Balaban J connectivity index is 1.61. The topological polar surface area (TPSA) is 124 Å². The SMILES string of the molecule is O=C(OCC1COS(=O)O1)OCC1COS(=O)(=O)O1. The van der Waals surface area contributed by atoms with Crippen LogP contribution >= 0.6 is 0 Å². The summed E-state index contributed by atoms with van der Waals surface area (Å²) in [5, 5.41) is 0. The molecule has 2 aliphatic heterocycles. The molecule has 0 saturated carbocycles. The highest BCUT2D eigenvalue weighted by Crippen LogP contribution is 2.13. The zero-order valence-electron chi connectivity index (χ0n) is 9.38. The van der Waals surface area contributed by atoms with Crippen LogP contribution in [0.2, 0.25) is 0 Å². The molecule has 0 aromatic rings. The second-order valence-corrected chi connectivity index (χ2v) is 5.57. The van der Waals surface area contributed by atoms with Crippen molar-refractivity contribution in [1.29, 1.82) is 0 Å². The van der Waals surface area contributed by atoms with E-state index in [2.05, 4.69) is 22.0 Å². The van der Waals surface area contributed by atoms with Gasteiger partial charge in [-0.3, -0.25) is 8.37 Å². The highest BCUT2D eigenvalue weighted by molar-refractivity contribution is 7.82. The fraction of sp³-hybridized carbons (Fsp3) is 0.857. The highest BCUT2D eigenvalue weighted by atomic mass is 32.3. The smallest absolute Gasteiger partial charge is 0.431 e. The number of ether oxygens (including phenoxy) is 2. The third kappa shape index (κ3) is 4.67. The van der Waals surface area contributed by atoms with Crippen LogP contribution in [0.5, 0.6) is 0 Å². The molecule has 0 amide bonds. The molecule has 0 aromatic heterocycles. The summed E-state index contributed by atoms with van der Waals surface area (Å²) in [6.07, 6.45) is -2.55. The van der Waals surface area contributed by atoms with Crippen LogP contribution in [0.3, 0.4) is 0 Å². The number of carbonyl (C=O) groups is 1. The predicted octanol–water partition coefficient (Wildman–Crippen LogP) is -1.21. The van der Waals surface area contributed by atoms with Crippen molar-refractivity contribution < 1.29 is 43.6 Å². The fourth-order valence-corrected chi connectivity index (χ4v) is 2.67. The first-order valence-electron chi connectivity index (χ1n) is 5.04. The van der Waals surface area contributed by atoms with E-state index in [1.165, 1.54) is 0 Å². The van der Waals surface area contributed by atoms with Crippen molar-refractivity contribution in [2.24, 2.45) is 0 Å². The summed E-state index contributed by atoms with van der Waals surface area (Å²) in [6.45, 7) is -0.706. The van der Waals surface area contributed by atoms with Crippen molar-refractivity contribution in [1.82, 2.24) is 0 Å². The summed E-state index contributed by atoms with van der Waals surface area (Å²) in [5.41, 5.74) is 0. The number of carbonyl (C=O) groups excluding carboxylic acids is 1. The monoisotopic (exact) mass is 318 g/mol. The van der Waals surface area contributed by atoms with E-state index in [1.807, 2.05) is 0 Å². The van der Waals surface area contributed by atoms with Gasteiger partial charge in [-0.1, -0.05) is 0 Å². The lowest BCUT2D eigenvalue weighted by molar-refractivity contribution is 0.0137. The van der Waals surface area contributed by atoms with E-state index in [0.717, 1.165) is 0 Å². The van der Waals surface area contributed by atoms with Crippen LogP contribution < -0.4 is 0 Å². The van der Waals surface area contributed by atoms with E-state index in [9.17, 15) is 17.4 Å². The molecule has 3 atom stereocenters. The van der Waals surface area contributed by atoms with E-state index in [1.54, 1.807) is 0 Å². The summed E-state index contributed by atoms with van der Waals surface area (Å²) < 4.78 is 59.4. The number of rotatable bonds is 4. The van der Waals surface area contributed by atoms with Crippen LogP contribution in [0.4, 0.5) is 4.79 Å². The second-order valence-electron chi connectivity index (χ2n) is 3.49. The Morgan fingerprint density at radius 2 is 1.89 bits per heavy atom. The molecule has 2 saturated heterocycles. The van der Waals surface area contributed by atoms with E-state index in [-0.39, 0.29) is 26.4 Å². The Morgan fingerprint density at radius 3 is 2.42 bits per heavy atom. The highest BCUT2D eigenvalue weighted by Gasteiger charge is 2.31. The molecule has 0 aromatic carbocycles. The fourth-order valence-electron chi connectivity index (χ4n) is 1.19. The summed E-state index contributed by atoms with van der Waals surface area (Å²) >= 11 is -1.82. The predicted molar refractivity (Wildman–Crippen MR) is 56.0 cm³/mol. The largest absolute Gasteiger partial charge is 0.508 e. The third-order valence-electron chi connectivity index (χ3n) is 1.99. The minimum Gasteiger partial charge on any atom is -0.431 e. The maximum absolute atomic E-state index is 11.1. The number of hydrogen-bond donors (Lipinski definition) is 0. The normalized spacial score (nSPS) is 33.2. The quantitative estimate of drug-likeness (QED) is 0.583. The molecule has 0 radical (unpaired) electrons. The maximum atomic E-state index is 11.1. The minimum absolute atomic E-state index is 0.0394. The van der Waals surface area contributed by atoms with E-state index < -0.39 is 40.1 Å². The van der Waals surface area contributed by atoms with Crippen LogP contribution in [0, 0.1) is 0 Å². The van der Waals surface area contributed by atoms with Gasteiger partial charge in [0.15, 0.2) is 0 Å². The lowest BCUT2D eigenvalue weighted by Gasteiger charge is -2.09. The first-order chi connectivity index (χ1) is 8.94. The zero-order chi connectivity index (χ0) is 13.9. The van der Waals surface area contributed by atoms with Gasteiger partial charge in [0.25, 0.3) is 0 Å². The molecular formula is C7H10O10S2. The van der Waals surface area contributed by atoms with E-state index in [4.69, 9.17) is 4.18 Å². The van der Waals surface area contributed by atoms with Gasteiger partial charge in [-0.05, 0) is 0 Å². The molecule has 12 heteroatoms. The molecule has 2 heterocycles. The Bertz CT molecular complexity index is 458. The Morgan fingerprint density at radius 1 is 1.21 bits per heavy atom. The molecule has 110 valence electrons. The van der Waals surface area contributed by atoms with Crippen LogP contribution in [-0.2, 0) is 48.0 Å². The lowest BCUT2D eigenvalue weighted by Crippen LogP contribution is -2.24. The molecule has 0 bridgehead atoms. The van der Waals surface area contributed by atoms with Crippen molar-refractivity contribution in [3.05, 3.63) is 0 Å². The molecule has 0 aliphatic carbocycles. The van der Waals surface area contributed by atoms with Gasteiger partial charge in [0.1, 0.15) is 25.4 Å². The molecule has 0 N–H and O–H groups in total. The van der Waals surface area contributed by atoms with E-state index in [0.29, 0.717) is 0 Å². The Kier molecular flexibility index (Phi) is 4.70. The van der Waals surface area contributed by atoms with E-state index >= 15 is 0 Å². The summed E-state index contributed by atoms with van der Waals surface area (Å²) in [4.78, 5) is 11.1. The molecule has 19 heavy (non-hydrogen) atoms. The molecule has 2 rings (SSSR count). The molecule has 0 spiro atoms. The average molecular weight is 318 g/mol. The number of hydrogen-bond acceptors (Lipinski definition) is 10. The van der Waals surface area contributed by atoms with Gasteiger partial charge in [0.05, 0.1) is 13.2 Å². The van der Waals surface area contributed by atoms with Gasteiger partial charge in [0.2, 0.25) is 0 Å². The van der Waals surface area contributed by atoms with Crippen LogP contribution in [0.1, 0.15) is 0 Å². The van der Waals surface area contributed by atoms with Crippen molar-refractivity contribution in [2.45, 2.75) is 12.2 Å². The van der Waals surface area contributed by atoms with Gasteiger partial charge in [-0.2, -0.15) is 12.6 Å². The first-order valence-corrected chi connectivity index (χ1v) is 7.37.